The van der Waals surface area contributed by atoms with E-state index in [4.69, 9.17) is 15.0 Å². The van der Waals surface area contributed by atoms with E-state index in [2.05, 4.69) is 17.6 Å². The van der Waals surface area contributed by atoms with Gasteiger partial charge in [-0.3, -0.25) is 11.3 Å². The molecule has 18 heavy (non-hydrogen) atoms. The summed E-state index contributed by atoms with van der Waals surface area (Å²) in [5.41, 5.74) is 5.21. The molecular formula is C14H18N2O2. The fourth-order valence-corrected chi connectivity index (χ4v) is 1.93. The summed E-state index contributed by atoms with van der Waals surface area (Å²) in [7, 11) is 1.66. The summed E-state index contributed by atoms with van der Waals surface area (Å²) in [6, 6.07) is 10.2. The lowest BCUT2D eigenvalue weighted by Gasteiger charge is -2.15. The number of hydrogen-bond donors (Lipinski definition) is 2. The molecule has 2 rings (SSSR count). The third-order valence-electron chi connectivity index (χ3n) is 2.94. The van der Waals surface area contributed by atoms with Crippen LogP contribution < -0.4 is 16.0 Å². The average molecular weight is 246 g/mol. The molecule has 0 bridgehead atoms. The minimum atomic E-state index is 0.191. The molecule has 0 saturated heterocycles. The van der Waals surface area contributed by atoms with Gasteiger partial charge in [-0.15, -0.1) is 0 Å². The van der Waals surface area contributed by atoms with E-state index in [9.17, 15) is 0 Å². The van der Waals surface area contributed by atoms with Gasteiger partial charge in [-0.1, -0.05) is 12.1 Å². The van der Waals surface area contributed by atoms with Crippen LogP contribution in [0.4, 0.5) is 0 Å². The van der Waals surface area contributed by atoms with Crippen molar-refractivity contribution in [2.75, 3.05) is 7.11 Å². The first-order chi connectivity index (χ1) is 8.81. The van der Waals surface area contributed by atoms with E-state index in [0.29, 0.717) is 0 Å². The Labute approximate surface area is 107 Å². The molecule has 1 aromatic heterocycles. The monoisotopic (exact) mass is 246 g/mol. The number of nitrogens with one attached hydrogen (secondary N) is 1. The third-order valence-corrected chi connectivity index (χ3v) is 2.94. The predicted octanol–water partition coefficient (Wildman–Crippen LogP) is 1.91. The predicted molar refractivity (Wildman–Crippen MR) is 70.2 cm³/mol. The molecule has 0 fully saturated rings. The van der Waals surface area contributed by atoms with Crippen molar-refractivity contribution in [3.63, 3.8) is 0 Å². The number of furan rings is 1. The van der Waals surface area contributed by atoms with Crippen LogP contribution in [0.2, 0.25) is 0 Å². The molecule has 3 N–H and O–H groups in total. The van der Waals surface area contributed by atoms with Gasteiger partial charge in [0.15, 0.2) is 0 Å². The van der Waals surface area contributed by atoms with Crippen molar-refractivity contribution in [2.45, 2.75) is 18.9 Å². The van der Waals surface area contributed by atoms with Crippen molar-refractivity contribution >= 4 is 0 Å². The summed E-state index contributed by atoms with van der Waals surface area (Å²) >= 11 is 0. The van der Waals surface area contributed by atoms with E-state index in [-0.39, 0.29) is 6.04 Å². The highest BCUT2D eigenvalue weighted by Gasteiger charge is 2.09. The Balaban J connectivity index is 1.96. The zero-order chi connectivity index (χ0) is 12.8. The van der Waals surface area contributed by atoms with Crippen molar-refractivity contribution in [1.82, 2.24) is 5.43 Å². The minimum absolute atomic E-state index is 0.191. The van der Waals surface area contributed by atoms with Crippen molar-refractivity contribution in [2.24, 2.45) is 5.84 Å². The Bertz CT molecular complexity index is 451. The Morgan fingerprint density at radius 3 is 2.44 bits per heavy atom. The number of benzene rings is 1. The molecule has 0 saturated carbocycles. The molecule has 1 aromatic carbocycles. The van der Waals surface area contributed by atoms with Crippen LogP contribution in [0.25, 0.3) is 0 Å². The van der Waals surface area contributed by atoms with Crippen LogP contribution in [0.1, 0.15) is 11.1 Å². The number of hydrogen-bond acceptors (Lipinski definition) is 4. The molecule has 1 atom stereocenters. The molecule has 0 aliphatic rings. The maximum Gasteiger partial charge on any atom is 0.118 e. The molecule has 4 nitrogen and oxygen atoms in total. The standard InChI is InChI=1S/C14H18N2O2/c1-17-14-4-2-11(3-5-14)8-13(16-15)9-12-6-7-18-10-12/h2-7,10,13,16H,8-9,15H2,1H3. The van der Waals surface area contributed by atoms with E-state index < -0.39 is 0 Å². The average Bonchev–Trinajstić information content (AvgIpc) is 2.91. The Morgan fingerprint density at radius 1 is 1.17 bits per heavy atom. The maximum atomic E-state index is 5.59. The van der Waals surface area contributed by atoms with Gasteiger partial charge in [0.2, 0.25) is 0 Å². The van der Waals surface area contributed by atoms with Crippen molar-refractivity contribution in [3.8, 4) is 5.75 Å². The second kappa shape index (κ2) is 6.23. The van der Waals surface area contributed by atoms with Crippen molar-refractivity contribution < 1.29 is 9.15 Å². The molecule has 1 heterocycles. The maximum absolute atomic E-state index is 5.59. The minimum Gasteiger partial charge on any atom is -0.497 e. The van der Waals surface area contributed by atoms with Crippen LogP contribution in [0.3, 0.4) is 0 Å². The van der Waals surface area contributed by atoms with Crippen LogP contribution in [0.15, 0.2) is 47.3 Å². The van der Waals surface area contributed by atoms with Gasteiger partial charge in [-0.2, -0.15) is 0 Å². The first-order valence-electron chi connectivity index (χ1n) is 5.92. The Kier molecular flexibility index (Phi) is 4.39. The van der Waals surface area contributed by atoms with E-state index in [1.54, 1.807) is 19.6 Å². The first kappa shape index (κ1) is 12.7. The first-order valence-corrected chi connectivity index (χ1v) is 5.92. The topological polar surface area (TPSA) is 60.4 Å². The molecule has 0 aliphatic heterocycles. The van der Waals surface area contributed by atoms with Gasteiger partial charge < -0.3 is 9.15 Å². The highest BCUT2D eigenvalue weighted by atomic mass is 16.5. The van der Waals surface area contributed by atoms with Gasteiger partial charge in [0, 0.05) is 6.04 Å². The van der Waals surface area contributed by atoms with Crippen LogP contribution in [0.5, 0.6) is 5.75 Å². The van der Waals surface area contributed by atoms with E-state index >= 15 is 0 Å². The molecule has 1 unspecified atom stereocenters. The summed E-state index contributed by atoms with van der Waals surface area (Å²) in [6.45, 7) is 0. The summed E-state index contributed by atoms with van der Waals surface area (Å²) < 4.78 is 10.2. The number of hydrazine groups is 1. The largest absolute Gasteiger partial charge is 0.497 e. The fraction of sp³-hybridized carbons (Fsp3) is 0.286. The second-order valence-corrected chi connectivity index (χ2v) is 4.25. The number of ether oxygens (including phenoxy) is 1. The van der Waals surface area contributed by atoms with Gasteiger partial charge in [0.25, 0.3) is 0 Å². The Hall–Kier alpha value is -1.78. The molecular weight excluding hydrogens is 228 g/mol. The third kappa shape index (κ3) is 3.35. The van der Waals surface area contributed by atoms with Crippen molar-refractivity contribution in [3.05, 3.63) is 54.0 Å². The summed E-state index contributed by atoms with van der Waals surface area (Å²) in [4.78, 5) is 0. The van der Waals surface area contributed by atoms with E-state index in [1.807, 2.05) is 18.2 Å². The van der Waals surface area contributed by atoms with Gasteiger partial charge in [-0.05, 0) is 42.2 Å². The summed E-state index contributed by atoms with van der Waals surface area (Å²) in [5, 5.41) is 0. The van der Waals surface area contributed by atoms with Crippen LogP contribution in [-0.4, -0.2) is 13.2 Å². The molecule has 0 aliphatic carbocycles. The van der Waals surface area contributed by atoms with Gasteiger partial charge in [0.1, 0.15) is 5.75 Å². The summed E-state index contributed by atoms with van der Waals surface area (Å²) in [5.74, 6) is 6.45. The van der Waals surface area contributed by atoms with Gasteiger partial charge in [-0.25, -0.2) is 0 Å². The molecule has 2 aromatic rings. The van der Waals surface area contributed by atoms with Gasteiger partial charge >= 0.3 is 0 Å². The normalized spacial score (nSPS) is 12.3. The SMILES string of the molecule is COc1ccc(CC(Cc2ccoc2)NN)cc1. The molecule has 0 radical (unpaired) electrons. The number of methoxy groups -OCH3 is 1. The molecule has 0 amide bonds. The lowest BCUT2D eigenvalue weighted by atomic mass is 10.0. The highest BCUT2D eigenvalue weighted by Crippen LogP contribution is 2.14. The second-order valence-electron chi connectivity index (χ2n) is 4.25. The van der Waals surface area contributed by atoms with Crippen molar-refractivity contribution in [1.29, 1.82) is 0 Å². The lowest BCUT2D eigenvalue weighted by Crippen LogP contribution is -2.38. The Morgan fingerprint density at radius 2 is 1.89 bits per heavy atom. The molecule has 0 spiro atoms. The highest BCUT2D eigenvalue weighted by molar-refractivity contribution is 5.27. The van der Waals surface area contributed by atoms with Crippen LogP contribution in [0, 0.1) is 0 Å². The zero-order valence-corrected chi connectivity index (χ0v) is 10.4. The van der Waals surface area contributed by atoms with Gasteiger partial charge in [0.05, 0.1) is 19.6 Å². The zero-order valence-electron chi connectivity index (χ0n) is 10.4. The molecule has 96 valence electrons. The molecule has 4 heteroatoms. The summed E-state index contributed by atoms with van der Waals surface area (Å²) in [6.07, 6.45) is 5.14. The van der Waals surface area contributed by atoms with Crippen LogP contribution >= 0.6 is 0 Å². The quantitative estimate of drug-likeness (QED) is 0.603. The lowest BCUT2D eigenvalue weighted by molar-refractivity contribution is 0.414. The fourth-order valence-electron chi connectivity index (χ4n) is 1.93. The van der Waals surface area contributed by atoms with Crippen LogP contribution in [-0.2, 0) is 12.8 Å². The van der Waals surface area contributed by atoms with E-state index in [0.717, 1.165) is 24.2 Å². The smallest absolute Gasteiger partial charge is 0.118 e. The van der Waals surface area contributed by atoms with E-state index in [1.165, 1.54) is 5.56 Å². The number of rotatable bonds is 6. The number of nitrogens with two attached hydrogens (primary N) is 1.